The van der Waals surface area contributed by atoms with E-state index in [1.165, 1.54) is 11.8 Å². The Hall–Kier alpha value is -3.32. The molecule has 1 N–H and O–H groups in total. The van der Waals surface area contributed by atoms with Gasteiger partial charge in [0, 0.05) is 51.2 Å². The molecule has 180 valence electrons. The van der Waals surface area contributed by atoms with E-state index in [1.807, 2.05) is 4.98 Å². The van der Waals surface area contributed by atoms with E-state index in [2.05, 4.69) is 9.97 Å². The Morgan fingerprint density at radius 1 is 1.09 bits per heavy atom. The first-order chi connectivity index (χ1) is 15.3. The molecule has 0 spiro atoms. The van der Waals surface area contributed by atoms with Gasteiger partial charge in [0.05, 0.1) is 5.56 Å². The minimum absolute atomic E-state index is 0.0506. The number of ether oxygens (including phenoxy) is 1. The van der Waals surface area contributed by atoms with E-state index in [0.717, 1.165) is 6.20 Å². The Morgan fingerprint density at radius 2 is 1.70 bits per heavy atom. The van der Waals surface area contributed by atoms with Crippen molar-refractivity contribution < 1.29 is 35.9 Å². The maximum Gasteiger partial charge on any atom is 0.421 e. The van der Waals surface area contributed by atoms with Crippen molar-refractivity contribution in [3.05, 3.63) is 51.7 Å². The van der Waals surface area contributed by atoms with Gasteiger partial charge in [-0.1, -0.05) is 0 Å². The summed E-state index contributed by atoms with van der Waals surface area (Å²) < 4.78 is 81.7. The summed E-state index contributed by atoms with van der Waals surface area (Å²) in [6, 6.07) is 0.714. The van der Waals surface area contributed by atoms with Crippen LogP contribution in [0.3, 0.4) is 0 Å². The number of H-pyrrole nitrogens is 1. The molecule has 3 heterocycles. The van der Waals surface area contributed by atoms with Crippen molar-refractivity contribution in [2.75, 3.05) is 31.1 Å². The maximum absolute atomic E-state index is 12.9. The molecule has 0 radical (unpaired) electrons. The van der Waals surface area contributed by atoms with Gasteiger partial charge in [-0.25, -0.2) is 14.8 Å². The second-order valence-corrected chi connectivity index (χ2v) is 7.39. The van der Waals surface area contributed by atoms with Crippen molar-refractivity contribution in [2.45, 2.75) is 31.8 Å². The van der Waals surface area contributed by atoms with Gasteiger partial charge in [-0.3, -0.25) is 4.79 Å². The molecule has 1 atom stereocenters. The van der Waals surface area contributed by atoms with Gasteiger partial charge in [0.1, 0.15) is 11.7 Å². The van der Waals surface area contributed by atoms with Crippen LogP contribution in [0.4, 0.5) is 37.1 Å². The highest BCUT2D eigenvalue weighted by Gasteiger charge is 2.34. The minimum Gasteiger partial charge on any atom is -0.446 e. The molecule has 1 fully saturated rings. The topological polar surface area (TPSA) is 91.4 Å². The molecule has 14 heteroatoms. The highest BCUT2D eigenvalue weighted by Crippen LogP contribution is 2.29. The molecule has 1 aliphatic rings. The molecule has 1 amide bonds. The number of nitrogens with one attached hydrogen (secondary N) is 1. The molecule has 0 saturated carbocycles. The minimum atomic E-state index is -4.81. The first-order valence-electron chi connectivity index (χ1n) is 9.73. The Bertz CT molecular complexity index is 1030. The average molecular weight is 479 g/mol. The molecule has 0 aromatic carbocycles. The smallest absolute Gasteiger partial charge is 0.421 e. The molecule has 2 aromatic rings. The van der Waals surface area contributed by atoms with Crippen LogP contribution >= 0.6 is 0 Å². The molecule has 1 saturated heterocycles. The van der Waals surface area contributed by atoms with Crippen LogP contribution in [0.15, 0.2) is 29.5 Å². The van der Waals surface area contributed by atoms with Crippen LogP contribution in [0.25, 0.3) is 0 Å². The molecular formula is C19H19F6N5O3. The number of amides is 1. The number of carbonyl (C=O) groups is 1. The fraction of sp³-hybridized carbons (Fsp3) is 0.474. The number of hydrogen-bond donors (Lipinski definition) is 1. The lowest BCUT2D eigenvalue weighted by Gasteiger charge is -2.34. The molecule has 3 rings (SSSR count). The summed E-state index contributed by atoms with van der Waals surface area (Å²) in [7, 11) is 0. The monoisotopic (exact) mass is 479 g/mol. The van der Waals surface area contributed by atoms with Gasteiger partial charge < -0.3 is 19.5 Å². The molecule has 2 aromatic heterocycles. The Morgan fingerprint density at radius 3 is 2.24 bits per heavy atom. The van der Waals surface area contributed by atoms with Gasteiger partial charge in [0.15, 0.2) is 0 Å². The number of halogens is 6. The standard InChI is InChI=1S/C19H19F6N5O3/c1-11(6-12-7-14(19(23,24)25)15(31)26-8-12)33-17(32)30-4-2-29(3-5-30)16-27-9-13(10-28-16)18(20,21)22/h7-11H,2-6H2,1H3,(H,26,31)/t11-/m1/s1. The largest absolute Gasteiger partial charge is 0.446 e. The number of aromatic amines is 1. The zero-order chi connectivity index (χ0) is 24.4. The molecular weight excluding hydrogens is 460 g/mol. The summed E-state index contributed by atoms with van der Waals surface area (Å²) in [5, 5.41) is 0. The highest BCUT2D eigenvalue weighted by molar-refractivity contribution is 5.68. The number of carbonyl (C=O) groups excluding carboxylic acids is 1. The number of nitrogens with zero attached hydrogens (tertiary/aromatic N) is 4. The van der Waals surface area contributed by atoms with Crippen LogP contribution < -0.4 is 10.5 Å². The zero-order valence-corrected chi connectivity index (χ0v) is 17.2. The number of pyridine rings is 1. The number of aromatic nitrogens is 3. The van der Waals surface area contributed by atoms with Gasteiger partial charge in [-0.05, 0) is 18.6 Å². The maximum atomic E-state index is 12.9. The second kappa shape index (κ2) is 9.27. The van der Waals surface area contributed by atoms with Gasteiger partial charge in [-0.15, -0.1) is 0 Å². The molecule has 0 bridgehead atoms. The van der Waals surface area contributed by atoms with E-state index in [1.54, 1.807) is 4.90 Å². The second-order valence-electron chi connectivity index (χ2n) is 7.39. The predicted octanol–water partition coefficient (Wildman–Crippen LogP) is 3.09. The number of piperazine rings is 1. The first-order valence-corrected chi connectivity index (χ1v) is 9.73. The fourth-order valence-corrected chi connectivity index (χ4v) is 3.20. The molecule has 8 nitrogen and oxygen atoms in total. The Balaban J connectivity index is 1.52. The number of anilines is 1. The lowest BCUT2D eigenvalue weighted by Crippen LogP contribution is -2.50. The van der Waals surface area contributed by atoms with Crippen molar-refractivity contribution in [3.8, 4) is 0 Å². The lowest BCUT2D eigenvalue weighted by atomic mass is 10.1. The van der Waals surface area contributed by atoms with Crippen molar-refractivity contribution in [1.29, 1.82) is 0 Å². The van der Waals surface area contributed by atoms with Crippen molar-refractivity contribution in [3.63, 3.8) is 0 Å². The van der Waals surface area contributed by atoms with Crippen LogP contribution in [0.1, 0.15) is 23.6 Å². The number of hydrogen-bond acceptors (Lipinski definition) is 6. The summed E-state index contributed by atoms with van der Waals surface area (Å²) in [6.45, 7) is 2.38. The van der Waals surface area contributed by atoms with E-state index in [-0.39, 0.29) is 44.1 Å². The van der Waals surface area contributed by atoms with Crippen LogP contribution in [0, 0.1) is 0 Å². The number of alkyl halides is 6. The van der Waals surface area contributed by atoms with Crippen LogP contribution in [-0.4, -0.2) is 58.2 Å². The van der Waals surface area contributed by atoms with E-state index >= 15 is 0 Å². The quantitative estimate of drug-likeness (QED) is 0.678. The molecule has 33 heavy (non-hydrogen) atoms. The summed E-state index contributed by atoms with van der Waals surface area (Å²) in [4.78, 5) is 36.2. The lowest BCUT2D eigenvalue weighted by molar-refractivity contribution is -0.139. The Kier molecular flexibility index (Phi) is 6.84. The normalized spacial score (nSPS) is 16.0. The molecule has 0 unspecified atom stereocenters. The van der Waals surface area contributed by atoms with Gasteiger partial charge in [-0.2, -0.15) is 26.3 Å². The SMILES string of the molecule is C[C@H](Cc1c[nH]c(=O)c(C(F)(F)F)c1)OC(=O)N1CCN(c2ncc(C(F)(F)F)cn2)CC1. The number of rotatable bonds is 4. The van der Waals surface area contributed by atoms with Crippen molar-refractivity contribution >= 4 is 12.0 Å². The molecule has 0 aliphatic carbocycles. The predicted molar refractivity (Wildman–Crippen MR) is 103 cm³/mol. The third-order valence-corrected chi connectivity index (χ3v) is 4.88. The van der Waals surface area contributed by atoms with Gasteiger partial charge in [0.2, 0.25) is 5.95 Å². The average Bonchev–Trinajstić information content (AvgIpc) is 2.74. The summed E-state index contributed by atoms with van der Waals surface area (Å²) >= 11 is 0. The third kappa shape index (κ3) is 6.14. The summed E-state index contributed by atoms with van der Waals surface area (Å²) in [5.74, 6) is 0.0999. The Labute approximate surface area is 183 Å². The highest BCUT2D eigenvalue weighted by atomic mass is 19.4. The third-order valence-electron chi connectivity index (χ3n) is 4.88. The zero-order valence-electron chi connectivity index (χ0n) is 17.2. The van der Waals surface area contributed by atoms with Crippen molar-refractivity contribution in [1.82, 2.24) is 19.9 Å². The van der Waals surface area contributed by atoms with E-state index in [9.17, 15) is 35.9 Å². The van der Waals surface area contributed by atoms with E-state index in [4.69, 9.17) is 4.74 Å². The molecule has 1 aliphatic heterocycles. The van der Waals surface area contributed by atoms with Crippen LogP contribution in [-0.2, 0) is 23.5 Å². The summed E-state index contributed by atoms with van der Waals surface area (Å²) in [6.07, 6.45) is -8.36. The van der Waals surface area contributed by atoms with Crippen LogP contribution in [0.2, 0.25) is 0 Å². The van der Waals surface area contributed by atoms with Crippen LogP contribution in [0.5, 0.6) is 0 Å². The summed E-state index contributed by atoms with van der Waals surface area (Å²) in [5.41, 5.74) is -3.41. The first kappa shape index (κ1) is 24.3. The van der Waals surface area contributed by atoms with Gasteiger partial charge in [0.25, 0.3) is 5.56 Å². The van der Waals surface area contributed by atoms with E-state index in [0.29, 0.717) is 18.5 Å². The van der Waals surface area contributed by atoms with E-state index < -0.39 is 41.2 Å². The van der Waals surface area contributed by atoms with Gasteiger partial charge >= 0.3 is 18.4 Å². The van der Waals surface area contributed by atoms with Crippen molar-refractivity contribution in [2.24, 2.45) is 0 Å². The fourth-order valence-electron chi connectivity index (χ4n) is 3.20.